The first kappa shape index (κ1) is 16.9. The van der Waals surface area contributed by atoms with Gasteiger partial charge < -0.3 is 9.84 Å². The molecule has 0 bridgehead atoms. The quantitative estimate of drug-likeness (QED) is 0.878. The molecule has 24 heavy (non-hydrogen) atoms. The van der Waals surface area contributed by atoms with Gasteiger partial charge in [-0.15, -0.1) is 0 Å². The standard InChI is InChI=1S/C16H17NO5S2/c1-22-12-4-2-11(3-5-12)14-6-7-15(16(18)19)17(14)24(20,21)13-8-9-23-10-13/h2-5,8-10,14-15H,6-7H2,1H3,(H,18,19)/t14-,15-/m0/s1. The second kappa shape index (κ2) is 6.54. The van der Waals surface area contributed by atoms with Crippen molar-refractivity contribution >= 4 is 27.3 Å². The number of sulfonamides is 1. The van der Waals surface area contributed by atoms with Crippen LogP contribution in [0.25, 0.3) is 0 Å². The molecule has 1 aromatic heterocycles. The van der Waals surface area contributed by atoms with E-state index in [0.717, 1.165) is 9.87 Å². The minimum absolute atomic E-state index is 0.138. The van der Waals surface area contributed by atoms with Crippen molar-refractivity contribution in [2.75, 3.05) is 7.11 Å². The van der Waals surface area contributed by atoms with Crippen molar-refractivity contribution in [2.45, 2.75) is 29.8 Å². The van der Waals surface area contributed by atoms with Crippen molar-refractivity contribution in [3.8, 4) is 5.75 Å². The van der Waals surface area contributed by atoms with Gasteiger partial charge in [-0.1, -0.05) is 12.1 Å². The largest absolute Gasteiger partial charge is 0.497 e. The molecule has 0 radical (unpaired) electrons. The van der Waals surface area contributed by atoms with E-state index in [4.69, 9.17) is 4.74 Å². The second-order valence-corrected chi connectivity index (χ2v) is 8.14. The van der Waals surface area contributed by atoms with Gasteiger partial charge in [0.15, 0.2) is 0 Å². The molecular weight excluding hydrogens is 350 g/mol. The van der Waals surface area contributed by atoms with Crippen LogP contribution in [0, 0.1) is 0 Å². The van der Waals surface area contributed by atoms with E-state index >= 15 is 0 Å². The Balaban J connectivity index is 2.03. The van der Waals surface area contributed by atoms with Crippen LogP contribution in [0.3, 0.4) is 0 Å². The lowest BCUT2D eigenvalue weighted by Crippen LogP contribution is -2.41. The van der Waals surface area contributed by atoms with Gasteiger partial charge in [-0.3, -0.25) is 4.79 Å². The number of carboxylic acids is 1. The Kier molecular flexibility index (Phi) is 4.62. The van der Waals surface area contributed by atoms with Gasteiger partial charge in [0.05, 0.1) is 18.0 Å². The molecule has 1 N–H and O–H groups in total. The number of carbonyl (C=O) groups is 1. The lowest BCUT2D eigenvalue weighted by Gasteiger charge is -2.27. The van der Waals surface area contributed by atoms with Crippen LogP contribution in [-0.4, -0.2) is 37.0 Å². The summed E-state index contributed by atoms with van der Waals surface area (Å²) in [6, 6.07) is 7.01. The molecule has 6 nitrogen and oxygen atoms in total. The van der Waals surface area contributed by atoms with Crippen LogP contribution in [0.2, 0.25) is 0 Å². The Morgan fingerprint density at radius 2 is 1.96 bits per heavy atom. The number of carboxylic acid groups (broad SMARTS) is 1. The number of aliphatic carboxylic acids is 1. The van der Waals surface area contributed by atoms with Crippen molar-refractivity contribution in [1.82, 2.24) is 4.31 Å². The maximum atomic E-state index is 13.0. The van der Waals surface area contributed by atoms with Crippen molar-refractivity contribution in [3.05, 3.63) is 46.7 Å². The Morgan fingerprint density at radius 1 is 1.25 bits per heavy atom. The summed E-state index contributed by atoms with van der Waals surface area (Å²) in [6.45, 7) is 0. The van der Waals surface area contributed by atoms with E-state index in [-0.39, 0.29) is 11.3 Å². The smallest absolute Gasteiger partial charge is 0.322 e. The minimum atomic E-state index is -3.87. The van der Waals surface area contributed by atoms with Crippen LogP contribution in [0.15, 0.2) is 46.0 Å². The van der Waals surface area contributed by atoms with Crippen LogP contribution in [-0.2, 0) is 14.8 Å². The molecule has 128 valence electrons. The first-order valence-electron chi connectivity index (χ1n) is 7.37. The average molecular weight is 367 g/mol. The number of methoxy groups -OCH3 is 1. The van der Waals surface area contributed by atoms with Crippen LogP contribution in [0.4, 0.5) is 0 Å². The Labute approximate surface area is 144 Å². The summed E-state index contributed by atoms with van der Waals surface area (Å²) in [4.78, 5) is 11.7. The molecule has 0 unspecified atom stereocenters. The molecular formula is C16H17NO5S2. The number of nitrogens with zero attached hydrogens (tertiary/aromatic N) is 1. The molecule has 1 aromatic carbocycles. The van der Waals surface area contributed by atoms with Gasteiger partial charge in [0.25, 0.3) is 0 Å². The molecule has 3 rings (SSSR count). The van der Waals surface area contributed by atoms with Crippen LogP contribution in [0.5, 0.6) is 5.75 Å². The zero-order valence-corrected chi connectivity index (χ0v) is 14.6. The van der Waals surface area contributed by atoms with Crippen molar-refractivity contribution in [3.63, 3.8) is 0 Å². The molecule has 1 aliphatic rings. The van der Waals surface area contributed by atoms with E-state index < -0.39 is 28.1 Å². The normalized spacial score (nSPS) is 21.7. The van der Waals surface area contributed by atoms with Gasteiger partial charge in [0, 0.05) is 5.38 Å². The van der Waals surface area contributed by atoms with Gasteiger partial charge in [-0.2, -0.15) is 15.6 Å². The van der Waals surface area contributed by atoms with Crippen molar-refractivity contribution in [1.29, 1.82) is 0 Å². The summed E-state index contributed by atoms with van der Waals surface area (Å²) >= 11 is 1.27. The van der Waals surface area contributed by atoms with Gasteiger partial charge in [-0.25, -0.2) is 8.42 Å². The number of thiophene rings is 1. The number of benzene rings is 1. The van der Waals surface area contributed by atoms with Crippen LogP contribution < -0.4 is 4.74 Å². The second-order valence-electron chi connectivity index (χ2n) is 5.51. The molecule has 2 atom stereocenters. The summed E-state index contributed by atoms with van der Waals surface area (Å²) in [5.74, 6) is -0.455. The molecule has 0 amide bonds. The van der Waals surface area contributed by atoms with Gasteiger partial charge >= 0.3 is 5.97 Å². The van der Waals surface area contributed by atoms with Crippen molar-refractivity contribution < 1.29 is 23.1 Å². The number of ether oxygens (including phenoxy) is 1. The highest BCUT2D eigenvalue weighted by molar-refractivity contribution is 7.89. The molecule has 0 saturated carbocycles. The molecule has 0 aliphatic carbocycles. The minimum Gasteiger partial charge on any atom is -0.497 e. The fraction of sp³-hybridized carbons (Fsp3) is 0.312. The highest BCUT2D eigenvalue weighted by Gasteiger charge is 2.46. The highest BCUT2D eigenvalue weighted by atomic mass is 32.2. The molecule has 8 heteroatoms. The fourth-order valence-corrected chi connectivity index (χ4v) is 5.85. The zero-order chi connectivity index (χ0) is 17.3. The van der Waals surface area contributed by atoms with E-state index in [1.165, 1.54) is 22.8 Å². The SMILES string of the molecule is COc1ccc([C@@H]2CC[C@@H](C(=O)O)N2S(=O)(=O)c2ccsc2)cc1. The van der Waals surface area contributed by atoms with E-state index in [9.17, 15) is 18.3 Å². The topological polar surface area (TPSA) is 83.9 Å². The summed E-state index contributed by atoms with van der Waals surface area (Å²) < 4.78 is 32.2. The summed E-state index contributed by atoms with van der Waals surface area (Å²) in [6.07, 6.45) is 0.752. The number of hydrogen-bond donors (Lipinski definition) is 1. The molecule has 0 spiro atoms. The number of rotatable bonds is 5. The molecule has 1 fully saturated rings. The van der Waals surface area contributed by atoms with Crippen LogP contribution in [0.1, 0.15) is 24.4 Å². The summed E-state index contributed by atoms with van der Waals surface area (Å²) in [7, 11) is -2.32. The summed E-state index contributed by atoms with van der Waals surface area (Å²) in [5.41, 5.74) is 0.762. The maximum absolute atomic E-state index is 13.0. The maximum Gasteiger partial charge on any atom is 0.322 e. The average Bonchev–Trinajstić information content (AvgIpc) is 3.25. The lowest BCUT2D eigenvalue weighted by molar-refractivity contribution is -0.140. The highest BCUT2D eigenvalue weighted by Crippen LogP contribution is 2.41. The van der Waals surface area contributed by atoms with Gasteiger partial charge in [0.2, 0.25) is 10.0 Å². The van der Waals surface area contributed by atoms with E-state index in [1.54, 1.807) is 36.8 Å². The molecule has 1 aliphatic heterocycles. The first-order chi connectivity index (χ1) is 11.4. The molecule has 1 saturated heterocycles. The third kappa shape index (κ3) is 2.92. The van der Waals surface area contributed by atoms with Gasteiger partial charge in [-0.05, 0) is 42.0 Å². The third-order valence-corrected chi connectivity index (χ3v) is 6.93. The third-order valence-electron chi connectivity index (χ3n) is 4.18. The monoisotopic (exact) mass is 367 g/mol. The van der Waals surface area contributed by atoms with E-state index in [0.29, 0.717) is 12.2 Å². The predicted octanol–water partition coefficient (Wildman–Crippen LogP) is 2.74. The fourth-order valence-electron chi connectivity index (χ4n) is 3.01. The Morgan fingerprint density at radius 3 is 2.50 bits per heavy atom. The molecule has 2 heterocycles. The molecule has 2 aromatic rings. The van der Waals surface area contributed by atoms with Crippen molar-refractivity contribution in [2.24, 2.45) is 0 Å². The first-order valence-corrected chi connectivity index (χ1v) is 9.76. The number of hydrogen-bond acceptors (Lipinski definition) is 5. The summed E-state index contributed by atoms with van der Waals surface area (Å²) in [5, 5.41) is 12.7. The van der Waals surface area contributed by atoms with E-state index in [2.05, 4.69) is 0 Å². The van der Waals surface area contributed by atoms with Gasteiger partial charge in [0.1, 0.15) is 11.8 Å². The Hall–Kier alpha value is -1.90. The Bertz CT molecular complexity index is 815. The van der Waals surface area contributed by atoms with E-state index in [1.807, 2.05) is 0 Å². The zero-order valence-electron chi connectivity index (χ0n) is 13.0. The van der Waals surface area contributed by atoms with Crippen LogP contribution >= 0.6 is 11.3 Å². The predicted molar refractivity (Wildman–Crippen MR) is 89.7 cm³/mol. The lowest BCUT2D eigenvalue weighted by atomic mass is 10.1.